The first-order valence-electron chi connectivity index (χ1n) is 3.68. The Morgan fingerprint density at radius 2 is 2.46 bits per heavy atom. The lowest BCUT2D eigenvalue weighted by Crippen LogP contribution is -1.93. The molecule has 0 saturated heterocycles. The Labute approximate surface area is 82.9 Å². The van der Waals surface area contributed by atoms with Crippen molar-refractivity contribution in [3.05, 3.63) is 18.1 Å². The van der Waals surface area contributed by atoms with Crippen LogP contribution in [0.5, 0.6) is 0 Å². The van der Waals surface area contributed by atoms with Gasteiger partial charge in [-0.1, -0.05) is 21.1 Å². The maximum atomic E-state index is 5.03. The third-order valence-electron chi connectivity index (χ3n) is 1.63. The summed E-state index contributed by atoms with van der Waals surface area (Å²) >= 11 is 3.25. The minimum absolute atomic E-state index is 0.495. The van der Waals surface area contributed by atoms with Crippen LogP contribution in [-0.4, -0.2) is 19.9 Å². The second kappa shape index (κ2) is 3.29. The van der Waals surface area contributed by atoms with Crippen LogP contribution in [0.1, 0.15) is 5.82 Å². The summed E-state index contributed by atoms with van der Waals surface area (Å²) in [7, 11) is 1.83. The molecule has 0 aliphatic heterocycles. The second-order valence-corrected chi connectivity index (χ2v) is 3.05. The van der Waals surface area contributed by atoms with Crippen LogP contribution < -0.4 is 0 Å². The number of aryl methyl sites for hydroxylation is 1. The molecule has 0 aliphatic carbocycles. The maximum Gasteiger partial charge on any atom is 0.276 e. The molecule has 0 spiro atoms. The molecule has 0 aliphatic rings. The van der Waals surface area contributed by atoms with Crippen molar-refractivity contribution < 1.29 is 4.52 Å². The molecule has 0 amide bonds. The summed E-state index contributed by atoms with van der Waals surface area (Å²) in [6.07, 6.45) is 1.69. The summed E-state index contributed by atoms with van der Waals surface area (Å²) in [6, 6.07) is 1.82. The Bertz CT molecular complexity index is 408. The SMILES string of the molecule is Cn1nccc1-c1nc(CBr)no1. The van der Waals surface area contributed by atoms with Gasteiger partial charge in [-0.15, -0.1) is 0 Å². The molecule has 0 radical (unpaired) electrons. The second-order valence-electron chi connectivity index (χ2n) is 2.49. The molecule has 0 fully saturated rings. The first kappa shape index (κ1) is 8.43. The molecule has 5 nitrogen and oxygen atoms in total. The van der Waals surface area contributed by atoms with E-state index in [0.717, 1.165) is 5.69 Å². The van der Waals surface area contributed by atoms with Gasteiger partial charge in [0.05, 0.1) is 5.33 Å². The molecule has 0 N–H and O–H groups in total. The van der Waals surface area contributed by atoms with Gasteiger partial charge in [-0.05, 0) is 6.07 Å². The largest absolute Gasteiger partial charge is 0.332 e. The minimum Gasteiger partial charge on any atom is -0.332 e. The standard InChI is InChI=1S/C7H7BrN4O/c1-12-5(2-3-9-12)7-10-6(4-8)11-13-7/h2-3H,4H2,1H3. The van der Waals surface area contributed by atoms with Crippen LogP contribution in [0, 0.1) is 0 Å². The monoisotopic (exact) mass is 242 g/mol. The molecule has 0 aromatic carbocycles. The highest BCUT2D eigenvalue weighted by Gasteiger charge is 2.10. The van der Waals surface area contributed by atoms with Gasteiger partial charge in [0.2, 0.25) is 0 Å². The zero-order valence-electron chi connectivity index (χ0n) is 6.94. The molecule has 6 heteroatoms. The zero-order chi connectivity index (χ0) is 9.26. The van der Waals surface area contributed by atoms with Crippen LogP contribution in [0.4, 0.5) is 0 Å². The molecule has 68 valence electrons. The van der Waals surface area contributed by atoms with E-state index in [1.165, 1.54) is 0 Å². The van der Waals surface area contributed by atoms with Gasteiger partial charge >= 0.3 is 0 Å². The van der Waals surface area contributed by atoms with Crippen molar-refractivity contribution in [1.29, 1.82) is 0 Å². The molecule has 0 bridgehead atoms. The molecule has 2 rings (SSSR count). The number of hydrogen-bond acceptors (Lipinski definition) is 4. The summed E-state index contributed by atoms with van der Waals surface area (Å²) in [5.74, 6) is 1.13. The molecule has 0 atom stereocenters. The molecule has 2 heterocycles. The fourth-order valence-electron chi connectivity index (χ4n) is 0.996. The van der Waals surface area contributed by atoms with E-state index in [9.17, 15) is 0 Å². The fourth-order valence-corrected chi connectivity index (χ4v) is 1.22. The van der Waals surface area contributed by atoms with Crippen LogP contribution in [-0.2, 0) is 12.4 Å². The predicted octanol–water partition coefficient (Wildman–Crippen LogP) is 1.36. The number of alkyl halides is 1. The van der Waals surface area contributed by atoms with E-state index in [2.05, 4.69) is 31.2 Å². The Morgan fingerprint density at radius 1 is 1.62 bits per heavy atom. The quantitative estimate of drug-likeness (QED) is 0.747. The van der Waals surface area contributed by atoms with Crippen LogP contribution in [0.2, 0.25) is 0 Å². The normalized spacial score (nSPS) is 10.6. The Kier molecular flexibility index (Phi) is 2.13. The fraction of sp³-hybridized carbons (Fsp3) is 0.286. The highest BCUT2D eigenvalue weighted by atomic mass is 79.9. The maximum absolute atomic E-state index is 5.03. The molecule has 13 heavy (non-hydrogen) atoms. The Morgan fingerprint density at radius 3 is 3.00 bits per heavy atom. The minimum atomic E-state index is 0.495. The lowest BCUT2D eigenvalue weighted by molar-refractivity contribution is 0.422. The van der Waals surface area contributed by atoms with Gasteiger partial charge < -0.3 is 4.52 Å². The number of hydrogen-bond donors (Lipinski definition) is 0. The summed E-state index contributed by atoms with van der Waals surface area (Å²) in [5, 5.41) is 8.35. The van der Waals surface area contributed by atoms with E-state index in [4.69, 9.17) is 4.52 Å². The van der Waals surface area contributed by atoms with Crippen molar-refractivity contribution in [3.63, 3.8) is 0 Å². The third kappa shape index (κ3) is 1.49. The van der Waals surface area contributed by atoms with Gasteiger partial charge in [-0.3, -0.25) is 4.68 Å². The van der Waals surface area contributed by atoms with Gasteiger partial charge in [0.1, 0.15) is 5.69 Å². The van der Waals surface area contributed by atoms with Crippen LogP contribution in [0.25, 0.3) is 11.6 Å². The van der Waals surface area contributed by atoms with Crippen molar-refractivity contribution in [2.24, 2.45) is 7.05 Å². The Hall–Kier alpha value is -1.17. The number of aromatic nitrogens is 4. The van der Waals surface area contributed by atoms with E-state index in [-0.39, 0.29) is 0 Å². The average Bonchev–Trinajstić information content (AvgIpc) is 2.71. The summed E-state index contributed by atoms with van der Waals surface area (Å²) in [6.45, 7) is 0. The van der Waals surface area contributed by atoms with Gasteiger partial charge in [0.15, 0.2) is 5.82 Å². The van der Waals surface area contributed by atoms with Gasteiger partial charge in [-0.25, -0.2) is 0 Å². The van der Waals surface area contributed by atoms with Crippen molar-refractivity contribution in [3.8, 4) is 11.6 Å². The van der Waals surface area contributed by atoms with Crippen molar-refractivity contribution in [1.82, 2.24) is 19.9 Å². The van der Waals surface area contributed by atoms with Crippen LogP contribution in [0.3, 0.4) is 0 Å². The number of rotatable bonds is 2. The van der Waals surface area contributed by atoms with E-state index < -0.39 is 0 Å². The number of halogens is 1. The van der Waals surface area contributed by atoms with E-state index in [1.54, 1.807) is 10.9 Å². The lowest BCUT2D eigenvalue weighted by Gasteiger charge is -1.92. The van der Waals surface area contributed by atoms with E-state index >= 15 is 0 Å². The summed E-state index contributed by atoms with van der Waals surface area (Å²) < 4.78 is 6.71. The molecular formula is C7H7BrN4O. The lowest BCUT2D eigenvalue weighted by atomic mass is 10.4. The highest BCUT2D eigenvalue weighted by molar-refractivity contribution is 9.08. The molecule has 0 saturated carbocycles. The molecular weight excluding hydrogens is 236 g/mol. The molecule has 0 unspecified atom stereocenters. The summed E-state index contributed by atoms with van der Waals surface area (Å²) in [4.78, 5) is 4.15. The third-order valence-corrected chi connectivity index (χ3v) is 2.13. The van der Waals surface area contributed by atoms with E-state index in [1.807, 2.05) is 13.1 Å². The highest BCUT2D eigenvalue weighted by Crippen LogP contribution is 2.15. The predicted molar refractivity (Wildman–Crippen MR) is 49.1 cm³/mol. The van der Waals surface area contributed by atoms with Crippen LogP contribution in [0.15, 0.2) is 16.8 Å². The topological polar surface area (TPSA) is 56.7 Å². The average molecular weight is 243 g/mol. The van der Waals surface area contributed by atoms with Gasteiger partial charge in [0, 0.05) is 13.2 Å². The zero-order valence-corrected chi connectivity index (χ0v) is 8.52. The van der Waals surface area contributed by atoms with Crippen molar-refractivity contribution >= 4 is 15.9 Å². The Balaban J connectivity index is 2.41. The van der Waals surface area contributed by atoms with Crippen LogP contribution >= 0.6 is 15.9 Å². The molecule has 2 aromatic rings. The molecule has 2 aromatic heterocycles. The first-order valence-corrected chi connectivity index (χ1v) is 4.80. The first-order chi connectivity index (χ1) is 6.31. The van der Waals surface area contributed by atoms with Gasteiger partial charge in [0.25, 0.3) is 5.89 Å². The number of nitrogens with zero attached hydrogens (tertiary/aromatic N) is 4. The smallest absolute Gasteiger partial charge is 0.276 e. The van der Waals surface area contributed by atoms with Crippen molar-refractivity contribution in [2.75, 3.05) is 0 Å². The van der Waals surface area contributed by atoms with Gasteiger partial charge in [-0.2, -0.15) is 10.1 Å². The van der Waals surface area contributed by atoms with E-state index in [0.29, 0.717) is 17.0 Å². The summed E-state index contributed by atoms with van der Waals surface area (Å²) in [5.41, 5.74) is 0.819. The van der Waals surface area contributed by atoms with Crippen molar-refractivity contribution in [2.45, 2.75) is 5.33 Å².